The highest BCUT2D eigenvalue weighted by molar-refractivity contribution is 9.10. The van der Waals surface area contributed by atoms with Crippen molar-refractivity contribution in [3.63, 3.8) is 0 Å². The van der Waals surface area contributed by atoms with E-state index in [4.69, 9.17) is 0 Å². The molecule has 0 saturated heterocycles. The van der Waals surface area contributed by atoms with Gasteiger partial charge in [0.2, 0.25) is 0 Å². The zero-order valence-corrected chi connectivity index (χ0v) is 13.9. The lowest BCUT2D eigenvalue weighted by atomic mass is 9.95. The average molecular weight is 356 g/mol. The second kappa shape index (κ2) is 7.91. The van der Waals surface area contributed by atoms with Crippen molar-refractivity contribution < 1.29 is 4.39 Å². The van der Waals surface area contributed by atoms with Crippen molar-refractivity contribution in [2.45, 2.75) is 19.8 Å². The summed E-state index contributed by atoms with van der Waals surface area (Å²) in [5.74, 6) is 0.328. The quantitative estimate of drug-likeness (QED) is 0.761. The van der Waals surface area contributed by atoms with Crippen LogP contribution in [-0.4, -0.2) is 13.1 Å². The highest BCUT2D eigenvalue weighted by Crippen LogP contribution is 2.26. The Morgan fingerprint density at radius 3 is 2.80 bits per heavy atom. The van der Waals surface area contributed by atoms with Crippen molar-refractivity contribution in [1.82, 2.24) is 5.32 Å². The number of rotatable bonds is 7. The number of hydrogen-bond donors (Lipinski definition) is 1. The smallest absolute Gasteiger partial charge is 0.123 e. The fourth-order valence-electron chi connectivity index (χ4n) is 2.30. The molecular weight excluding hydrogens is 337 g/mol. The van der Waals surface area contributed by atoms with Crippen molar-refractivity contribution in [2.75, 3.05) is 13.1 Å². The molecule has 1 nitrogen and oxygen atoms in total. The molecule has 0 radical (unpaired) electrons. The molecule has 1 N–H and O–H groups in total. The molecule has 1 aromatic carbocycles. The molecule has 0 bridgehead atoms. The van der Waals surface area contributed by atoms with Gasteiger partial charge < -0.3 is 5.32 Å². The summed E-state index contributed by atoms with van der Waals surface area (Å²) >= 11 is 5.37. The van der Waals surface area contributed by atoms with Crippen LogP contribution >= 0.6 is 27.3 Å². The predicted octanol–water partition coefficient (Wildman–Crippen LogP) is 4.66. The van der Waals surface area contributed by atoms with Crippen molar-refractivity contribution >= 4 is 27.3 Å². The van der Waals surface area contributed by atoms with Crippen LogP contribution in [0, 0.1) is 11.7 Å². The fraction of sp³-hybridized carbons (Fsp3) is 0.375. The zero-order valence-electron chi connectivity index (χ0n) is 11.5. The van der Waals surface area contributed by atoms with Crippen molar-refractivity contribution in [2.24, 2.45) is 5.92 Å². The number of benzene rings is 1. The monoisotopic (exact) mass is 355 g/mol. The molecule has 20 heavy (non-hydrogen) atoms. The Kier molecular flexibility index (Phi) is 6.20. The Morgan fingerprint density at radius 1 is 1.30 bits per heavy atom. The van der Waals surface area contributed by atoms with Gasteiger partial charge in [-0.1, -0.05) is 19.1 Å². The first-order valence-electron chi connectivity index (χ1n) is 6.86. The van der Waals surface area contributed by atoms with Gasteiger partial charge in [-0.15, -0.1) is 11.3 Å². The van der Waals surface area contributed by atoms with Gasteiger partial charge in [0.25, 0.3) is 0 Å². The van der Waals surface area contributed by atoms with E-state index in [-0.39, 0.29) is 5.82 Å². The summed E-state index contributed by atoms with van der Waals surface area (Å²) in [4.78, 5) is 1.37. The largest absolute Gasteiger partial charge is 0.317 e. The van der Waals surface area contributed by atoms with E-state index in [1.807, 2.05) is 6.07 Å². The lowest BCUT2D eigenvalue weighted by Gasteiger charge is -2.17. The van der Waals surface area contributed by atoms with Crippen LogP contribution in [0.15, 0.2) is 40.2 Å². The predicted molar refractivity (Wildman–Crippen MR) is 87.9 cm³/mol. The van der Waals surface area contributed by atoms with Gasteiger partial charge in [0.05, 0.1) is 0 Å². The SMILES string of the molecule is CCNCC(Cc1cccc(F)c1)Cc1sccc1Br. The molecule has 0 saturated carbocycles. The van der Waals surface area contributed by atoms with Gasteiger partial charge in [-0.2, -0.15) is 0 Å². The number of thiophene rings is 1. The maximum absolute atomic E-state index is 13.3. The maximum Gasteiger partial charge on any atom is 0.123 e. The van der Waals surface area contributed by atoms with E-state index in [0.717, 1.165) is 31.5 Å². The van der Waals surface area contributed by atoms with Crippen molar-refractivity contribution in [3.8, 4) is 0 Å². The molecule has 4 heteroatoms. The number of hydrogen-bond acceptors (Lipinski definition) is 2. The summed E-state index contributed by atoms with van der Waals surface area (Å²) in [7, 11) is 0. The second-order valence-electron chi connectivity index (χ2n) is 4.90. The minimum atomic E-state index is -0.151. The van der Waals surface area contributed by atoms with Crippen LogP contribution in [0.4, 0.5) is 4.39 Å². The van der Waals surface area contributed by atoms with Crippen LogP contribution in [0.2, 0.25) is 0 Å². The van der Waals surface area contributed by atoms with Crippen LogP contribution in [0.5, 0.6) is 0 Å². The molecule has 1 heterocycles. The molecule has 1 unspecified atom stereocenters. The lowest BCUT2D eigenvalue weighted by molar-refractivity contribution is 0.479. The molecule has 0 amide bonds. The van der Waals surface area contributed by atoms with Gasteiger partial charge >= 0.3 is 0 Å². The first-order valence-corrected chi connectivity index (χ1v) is 8.53. The van der Waals surface area contributed by atoms with E-state index in [1.165, 1.54) is 15.4 Å². The molecule has 1 aromatic heterocycles. The average Bonchev–Trinajstić information content (AvgIpc) is 2.82. The second-order valence-corrected chi connectivity index (χ2v) is 6.76. The zero-order chi connectivity index (χ0) is 14.4. The van der Waals surface area contributed by atoms with Crippen molar-refractivity contribution in [1.29, 1.82) is 0 Å². The summed E-state index contributed by atoms with van der Waals surface area (Å²) < 4.78 is 14.5. The number of halogens is 2. The molecule has 0 fully saturated rings. The summed E-state index contributed by atoms with van der Waals surface area (Å²) in [5, 5.41) is 5.51. The van der Waals surface area contributed by atoms with Gasteiger partial charge in [-0.25, -0.2) is 4.39 Å². The Balaban J connectivity index is 2.05. The lowest BCUT2D eigenvalue weighted by Crippen LogP contribution is -2.25. The van der Waals surface area contributed by atoms with E-state index in [0.29, 0.717) is 5.92 Å². The molecule has 108 valence electrons. The third-order valence-corrected chi connectivity index (χ3v) is 5.21. The molecular formula is C16H19BrFNS. The molecule has 2 rings (SSSR count). The van der Waals surface area contributed by atoms with Crippen LogP contribution in [-0.2, 0) is 12.8 Å². The summed E-state index contributed by atoms with van der Waals surface area (Å²) in [6, 6.07) is 9.02. The van der Waals surface area contributed by atoms with Crippen LogP contribution in [0.1, 0.15) is 17.4 Å². The molecule has 0 aliphatic carbocycles. The summed E-state index contributed by atoms with van der Waals surface area (Å²) in [5.41, 5.74) is 1.07. The van der Waals surface area contributed by atoms with E-state index >= 15 is 0 Å². The molecule has 0 spiro atoms. The highest BCUT2D eigenvalue weighted by atomic mass is 79.9. The normalized spacial score (nSPS) is 12.6. The fourth-order valence-corrected chi connectivity index (χ4v) is 3.93. The molecule has 2 aromatic rings. The van der Waals surface area contributed by atoms with Gasteiger partial charge in [0, 0.05) is 9.35 Å². The van der Waals surface area contributed by atoms with Gasteiger partial charge in [-0.05, 0) is 76.9 Å². The standard InChI is InChI=1S/C16H19BrFNS/c1-2-19-11-13(10-16-15(17)6-7-20-16)8-12-4-3-5-14(18)9-12/h3-7,9,13,19H,2,8,10-11H2,1H3. The first kappa shape index (κ1) is 15.7. The third kappa shape index (κ3) is 4.69. The molecule has 0 aliphatic heterocycles. The van der Waals surface area contributed by atoms with Gasteiger partial charge in [0.1, 0.15) is 5.82 Å². The minimum Gasteiger partial charge on any atom is -0.317 e. The van der Waals surface area contributed by atoms with Gasteiger partial charge in [-0.3, -0.25) is 0 Å². The maximum atomic E-state index is 13.3. The summed E-state index contributed by atoms with van der Waals surface area (Å²) in [6.07, 6.45) is 1.91. The van der Waals surface area contributed by atoms with Crippen molar-refractivity contribution in [3.05, 3.63) is 56.4 Å². The van der Waals surface area contributed by atoms with Crippen LogP contribution in [0.3, 0.4) is 0 Å². The Labute approximate surface area is 132 Å². The van der Waals surface area contributed by atoms with E-state index in [2.05, 4.69) is 39.6 Å². The minimum absolute atomic E-state index is 0.151. The van der Waals surface area contributed by atoms with Crippen LogP contribution < -0.4 is 5.32 Å². The Morgan fingerprint density at radius 2 is 2.15 bits per heavy atom. The van der Waals surface area contributed by atoms with E-state index in [1.54, 1.807) is 23.5 Å². The van der Waals surface area contributed by atoms with Gasteiger partial charge in [0.15, 0.2) is 0 Å². The molecule has 0 aliphatic rings. The summed E-state index contributed by atoms with van der Waals surface area (Å²) in [6.45, 7) is 4.03. The molecule has 1 atom stereocenters. The van der Waals surface area contributed by atoms with E-state index < -0.39 is 0 Å². The Hall–Kier alpha value is -0.710. The number of nitrogens with one attached hydrogen (secondary N) is 1. The van der Waals surface area contributed by atoms with E-state index in [9.17, 15) is 4.39 Å². The topological polar surface area (TPSA) is 12.0 Å². The third-order valence-electron chi connectivity index (χ3n) is 3.26. The Bertz CT molecular complexity index is 541. The highest BCUT2D eigenvalue weighted by Gasteiger charge is 2.13. The van der Waals surface area contributed by atoms with Crippen LogP contribution in [0.25, 0.3) is 0 Å². The first-order chi connectivity index (χ1) is 9.69.